The van der Waals surface area contributed by atoms with Crippen LogP contribution < -0.4 is 10.1 Å². The van der Waals surface area contributed by atoms with Crippen LogP contribution in [0, 0.1) is 24.2 Å². The number of allylic oxidation sites excluding steroid dienone is 1. The average molecular weight is 410 g/mol. The molecule has 2 heterocycles. The van der Waals surface area contributed by atoms with Gasteiger partial charge in [-0.2, -0.15) is 5.26 Å². The molecule has 0 radical (unpaired) electrons. The van der Waals surface area contributed by atoms with E-state index in [1.54, 1.807) is 26.2 Å². The second-order valence-corrected chi connectivity index (χ2v) is 7.85. The van der Waals surface area contributed by atoms with Crippen molar-refractivity contribution in [2.75, 3.05) is 18.2 Å². The van der Waals surface area contributed by atoms with Gasteiger partial charge in [0, 0.05) is 5.70 Å². The van der Waals surface area contributed by atoms with Crippen LogP contribution >= 0.6 is 11.8 Å². The van der Waals surface area contributed by atoms with Gasteiger partial charge in [-0.3, -0.25) is 4.79 Å². The van der Waals surface area contributed by atoms with Gasteiger partial charge in [-0.15, -0.1) is 11.8 Å². The van der Waals surface area contributed by atoms with E-state index in [0.717, 1.165) is 11.5 Å². The van der Waals surface area contributed by atoms with Crippen LogP contribution in [0.15, 0.2) is 57.1 Å². The van der Waals surface area contributed by atoms with Gasteiger partial charge >= 0.3 is 0 Å². The number of furan rings is 1. The summed E-state index contributed by atoms with van der Waals surface area (Å²) in [6.45, 7) is 5.65. The maximum absolute atomic E-state index is 13.3. The zero-order valence-corrected chi connectivity index (χ0v) is 17.7. The number of nitrogens with zero attached hydrogens (tertiary/aromatic N) is 2. The zero-order valence-electron chi connectivity index (χ0n) is 16.9. The van der Waals surface area contributed by atoms with Gasteiger partial charge in [0.05, 0.1) is 35.4 Å². The number of rotatable bonds is 5. The predicted octanol–water partition coefficient (Wildman–Crippen LogP) is 4.90. The summed E-state index contributed by atoms with van der Waals surface area (Å²) in [6.07, 6.45) is 0. The number of methoxy groups -OCH3 is 1. The highest BCUT2D eigenvalue weighted by molar-refractivity contribution is 8.14. The molecule has 1 aliphatic rings. The molecule has 0 aliphatic carbocycles. The summed E-state index contributed by atoms with van der Waals surface area (Å²) in [5, 5.41) is 13.5. The molecule has 6 nitrogen and oxygen atoms in total. The predicted molar refractivity (Wildman–Crippen MR) is 115 cm³/mol. The molecule has 1 N–H and O–H groups in total. The van der Waals surface area contributed by atoms with Crippen molar-refractivity contribution >= 4 is 28.4 Å². The maximum atomic E-state index is 13.3. The number of carbonyl (C=O) groups is 1. The van der Waals surface area contributed by atoms with Gasteiger partial charge in [0.15, 0.2) is 0 Å². The van der Waals surface area contributed by atoms with Crippen LogP contribution in [0.5, 0.6) is 5.75 Å². The Bertz CT molecular complexity index is 1020. The monoisotopic (exact) mass is 409 g/mol. The molecule has 1 aromatic heterocycles. The van der Waals surface area contributed by atoms with E-state index >= 15 is 0 Å². The van der Waals surface area contributed by atoms with Crippen LogP contribution in [0.1, 0.15) is 31.3 Å². The van der Waals surface area contributed by atoms with Crippen molar-refractivity contribution in [1.82, 2.24) is 0 Å². The van der Waals surface area contributed by atoms with Gasteiger partial charge in [0.2, 0.25) is 0 Å². The Kier molecular flexibility index (Phi) is 6.45. The minimum atomic E-state index is -0.590. The molecular formula is C22H23N3O3S. The van der Waals surface area contributed by atoms with E-state index in [1.807, 2.05) is 38.1 Å². The molecule has 1 amide bonds. The van der Waals surface area contributed by atoms with Crippen LogP contribution in [-0.2, 0) is 4.79 Å². The Morgan fingerprint density at radius 2 is 2.07 bits per heavy atom. The van der Waals surface area contributed by atoms with Crippen LogP contribution in [0.2, 0.25) is 0 Å². The summed E-state index contributed by atoms with van der Waals surface area (Å²) in [7, 11) is 1.55. The number of hydrogen-bond donors (Lipinski definition) is 1. The van der Waals surface area contributed by atoms with Crippen molar-refractivity contribution in [3.63, 3.8) is 0 Å². The smallest absolute Gasteiger partial charge is 0.254 e. The Morgan fingerprint density at radius 3 is 2.69 bits per heavy atom. The minimum Gasteiger partial charge on any atom is -0.495 e. The maximum Gasteiger partial charge on any atom is 0.254 e. The topological polar surface area (TPSA) is 87.6 Å². The van der Waals surface area contributed by atoms with Crippen LogP contribution in [0.25, 0.3) is 0 Å². The molecule has 29 heavy (non-hydrogen) atoms. The van der Waals surface area contributed by atoms with E-state index in [2.05, 4.69) is 16.4 Å². The SMILES string of the molecule is CCSC1=NC(C)=C(C(=O)Nc2ccccc2OC)[C@H](c2ccc(C)o2)C1C#N. The first-order valence-electron chi connectivity index (χ1n) is 9.32. The lowest BCUT2D eigenvalue weighted by Gasteiger charge is -2.28. The fourth-order valence-corrected chi connectivity index (χ4v) is 4.26. The van der Waals surface area contributed by atoms with Crippen LogP contribution in [0.4, 0.5) is 5.69 Å². The minimum absolute atomic E-state index is 0.324. The number of anilines is 1. The number of carbonyl (C=O) groups excluding carboxylic acids is 1. The molecule has 150 valence electrons. The molecule has 2 atom stereocenters. The summed E-state index contributed by atoms with van der Waals surface area (Å²) in [6, 6.07) is 13.2. The normalized spacial score (nSPS) is 18.8. The Balaban J connectivity index is 2.07. The van der Waals surface area contributed by atoms with E-state index in [1.165, 1.54) is 11.8 Å². The molecule has 0 spiro atoms. The average Bonchev–Trinajstić information content (AvgIpc) is 3.14. The van der Waals surface area contributed by atoms with Crippen molar-refractivity contribution in [1.29, 1.82) is 5.26 Å². The number of nitriles is 1. The number of thioether (sulfide) groups is 1. The van der Waals surface area contributed by atoms with Gasteiger partial charge in [0.25, 0.3) is 5.91 Å². The van der Waals surface area contributed by atoms with Crippen molar-refractivity contribution in [2.45, 2.75) is 26.7 Å². The third-order valence-corrected chi connectivity index (χ3v) is 5.61. The number of nitrogens with one attached hydrogen (secondary N) is 1. The summed E-state index contributed by atoms with van der Waals surface area (Å²) >= 11 is 1.52. The molecule has 0 fully saturated rings. The fraction of sp³-hybridized carbons (Fsp3) is 0.318. The quantitative estimate of drug-likeness (QED) is 0.759. The van der Waals surface area contributed by atoms with Crippen molar-refractivity contribution in [2.24, 2.45) is 10.9 Å². The Hall–Kier alpha value is -2.98. The molecular weight excluding hydrogens is 386 g/mol. The lowest BCUT2D eigenvalue weighted by Crippen LogP contribution is -2.31. The highest BCUT2D eigenvalue weighted by atomic mass is 32.2. The molecule has 0 bridgehead atoms. The zero-order chi connectivity index (χ0) is 21.0. The van der Waals surface area contributed by atoms with Gasteiger partial charge in [-0.25, -0.2) is 4.99 Å². The van der Waals surface area contributed by atoms with Crippen molar-refractivity contribution in [3.8, 4) is 11.8 Å². The van der Waals surface area contributed by atoms with Gasteiger partial charge in [-0.1, -0.05) is 19.1 Å². The summed E-state index contributed by atoms with van der Waals surface area (Å²) in [5.41, 5.74) is 1.57. The third kappa shape index (κ3) is 4.22. The number of ether oxygens (including phenoxy) is 1. The van der Waals surface area contributed by atoms with E-state index in [-0.39, 0.29) is 5.91 Å². The summed E-state index contributed by atoms with van der Waals surface area (Å²) in [4.78, 5) is 17.9. The Morgan fingerprint density at radius 1 is 1.31 bits per heavy atom. The molecule has 2 aromatic rings. The number of hydrogen-bond acceptors (Lipinski definition) is 6. The number of amides is 1. The van der Waals surface area contributed by atoms with E-state index in [0.29, 0.717) is 33.5 Å². The number of benzene rings is 1. The van der Waals surface area contributed by atoms with Crippen LogP contribution in [-0.4, -0.2) is 23.8 Å². The van der Waals surface area contributed by atoms with Gasteiger partial charge in [0.1, 0.15) is 23.2 Å². The molecule has 1 aliphatic heterocycles. The van der Waals surface area contributed by atoms with E-state index < -0.39 is 11.8 Å². The van der Waals surface area contributed by atoms with Crippen molar-refractivity contribution in [3.05, 3.63) is 59.2 Å². The Labute approximate surface area is 174 Å². The van der Waals surface area contributed by atoms with Crippen LogP contribution in [0.3, 0.4) is 0 Å². The van der Waals surface area contributed by atoms with Gasteiger partial charge < -0.3 is 14.5 Å². The molecule has 3 rings (SSSR count). The lowest BCUT2D eigenvalue weighted by molar-refractivity contribution is -0.113. The second kappa shape index (κ2) is 9.01. The third-order valence-electron chi connectivity index (χ3n) is 4.68. The first-order chi connectivity index (χ1) is 14.0. The van der Waals surface area contributed by atoms with E-state index in [4.69, 9.17) is 9.15 Å². The standard InChI is InChI=1S/C22H23N3O3S/c1-5-29-22-15(12-23)20(18-11-10-13(2)28-18)19(14(3)24-22)21(26)25-16-8-6-7-9-17(16)27-4/h6-11,15,20H,5H2,1-4H3,(H,25,26)/t15?,20-/m0/s1. The van der Waals surface area contributed by atoms with E-state index in [9.17, 15) is 10.1 Å². The molecule has 0 saturated carbocycles. The number of aliphatic imine (C=N–C) groups is 1. The second-order valence-electron chi connectivity index (χ2n) is 6.57. The van der Waals surface area contributed by atoms with Crippen molar-refractivity contribution < 1.29 is 13.9 Å². The molecule has 1 aromatic carbocycles. The molecule has 7 heteroatoms. The fourth-order valence-electron chi connectivity index (χ4n) is 3.40. The largest absolute Gasteiger partial charge is 0.495 e. The number of aryl methyl sites for hydroxylation is 1. The lowest BCUT2D eigenvalue weighted by atomic mass is 9.81. The van der Waals surface area contributed by atoms with Gasteiger partial charge in [-0.05, 0) is 43.9 Å². The first-order valence-corrected chi connectivity index (χ1v) is 10.3. The molecule has 1 unspecified atom stereocenters. The summed E-state index contributed by atoms with van der Waals surface area (Å²) in [5.74, 6) is 1.21. The first kappa shape index (κ1) is 20.7. The highest BCUT2D eigenvalue weighted by Gasteiger charge is 2.40. The summed E-state index contributed by atoms with van der Waals surface area (Å²) < 4.78 is 11.2. The molecule has 0 saturated heterocycles. The number of para-hydroxylation sites is 2. The highest BCUT2D eigenvalue weighted by Crippen LogP contribution is 2.42.